The maximum absolute atomic E-state index is 13.6. The van der Waals surface area contributed by atoms with Gasteiger partial charge in [0.15, 0.2) is 5.78 Å². The van der Waals surface area contributed by atoms with E-state index < -0.39 is 11.4 Å². The van der Waals surface area contributed by atoms with Crippen molar-refractivity contribution in [2.45, 2.75) is 38.6 Å². The molecule has 1 aromatic carbocycles. The van der Waals surface area contributed by atoms with Gasteiger partial charge in [0.2, 0.25) is 0 Å². The summed E-state index contributed by atoms with van der Waals surface area (Å²) in [4.78, 5) is 12.0. The summed E-state index contributed by atoms with van der Waals surface area (Å²) in [6.45, 7) is 3.64. The monoisotopic (exact) mass is 257 g/mol. The summed E-state index contributed by atoms with van der Waals surface area (Å²) in [6.07, 6.45) is 1.39. The van der Waals surface area contributed by atoms with Crippen LogP contribution in [0.5, 0.6) is 0 Å². The Hall–Kier alpha value is -0.930. The van der Waals surface area contributed by atoms with Gasteiger partial charge in [-0.2, -0.15) is 0 Å². The van der Waals surface area contributed by atoms with Crippen LogP contribution in [0.2, 0.25) is 5.02 Å². The molecule has 1 rings (SSSR count). The molecule has 0 aliphatic heterocycles. The summed E-state index contributed by atoms with van der Waals surface area (Å²) in [7, 11) is 0. The molecule has 2 N–H and O–H groups in total. The zero-order valence-electron chi connectivity index (χ0n) is 10.1. The molecule has 0 heterocycles. The predicted molar refractivity (Wildman–Crippen MR) is 67.6 cm³/mol. The third-order valence-corrected chi connectivity index (χ3v) is 3.08. The lowest BCUT2D eigenvalue weighted by Gasteiger charge is -2.22. The summed E-state index contributed by atoms with van der Waals surface area (Å²) < 4.78 is 13.6. The highest BCUT2D eigenvalue weighted by Crippen LogP contribution is 2.20. The number of halogens is 2. The quantitative estimate of drug-likeness (QED) is 0.881. The topological polar surface area (TPSA) is 43.1 Å². The number of ketones is 1. The lowest BCUT2D eigenvalue weighted by Crippen LogP contribution is -2.45. The van der Waals surface area contributed by atoms with Gasteiger partial charge in [-0.25, -0.2) is 4.39 Å². The van der Waals surface area contributed by atoms with E-state index in [0.717, 1.165) is 6.42 Å². The molecule has 0 fully saturated rings. The van der Waals surface area contributed by atoms with Gasteiger partial charge in [-0.1, -0.05) is 37.1 Å². The van der Waals surface area contributed by atoms with Gasteiger partial charge >= 0.3 is 0 Å². The molecule has 0 radical (unpaired) electrons. The van der Waals surface area contributed by atoms with E-state index in [1.807, 2.05) is 6.92 Å². The smallest absolute Gasteiger partial charge is 0.156 e. The van der Waals surface area contributed by atoms with Crippen molar-refractivity contribution < 1.29 is 9.18 Å². The minimum Gasteiger partial charge on any atom is -0.319 e. The number of nitrogens with two attached hydrogens (primary N) is 1. The summed E-state index contributed by atoms with van der Waals surface area (Å²) in [6, 6.07) is 4.64. The van der Waals surface area contributed by atoms with Gasteiger partial charge in [0.1, 0.15) is 5.82 Å². The van der Waals surface area contributed by atoms with Gasteiger partial charge in [0.05, 0.1) is 10.6 Å². The molecule has 1 atom stereocenters. The van der Waals surface area contributed by atoms with Gasteiger partial charge in [0, 0.05) is 6.42 Å². The minimum absolute atomic E-state index is 0.0145. The molecule has 0 spiro atoms. The highest BCUT2D eigenvalue weighted by molar-refractivity contribution is 6.30. The first-order valence-electron chi connectivity index (χ1n) is 5.63. The lowest BCUT2D eigenvalue weighted by atomic mass is 9.88. The van der Waals surface area contributed by atoms with E-state index in [4.69, 9.17) is 17.3 Å². The zero-order chi connectivity index (χ0) is 13.1. The second kappa shape index (κ2) is 5.61. The highest BCUT2D eigenvalue weighted by Gasteiger charge is 2.27. The van der Waals surface area contributed by atoms with Crippen LogP contribution >= 0.6 is 11.6 Å². The van der Waals surface area contributed by atoms with Gasteiger partial charge < -0.3 is 5.73 Å². The molecule has 94 valence electrons. The van der Waals surface area contributed by atoms with E-state index >= 15 is 0 Å². The second-order valence-corrected chi connectivity index (χ2v) is 4.89. The van der Waals surface area contributed by atoms with Crippen molar-refractivity contribution in [2.24, 2.45) is 5.73 Å². The molecule has 2 nitrogen and oxygen atoms in total. The lowest BCUT2D eigenvalue weighted by molar-refractivity contribution is -0.123. The summed E-state index contributed by atoms with van der Waals surface area (Å²) >= 11 is 5.66. The van der Waals surface area contributed by atoms with Crippen LogP contribution in [0, 0.1) is 5.82 Å². The van der Waals surface area contributed by atoms with Crippen LogP contribution in [0.25, 0.3) is 0 Å². The number of hydrogen-bond donors (Lipinski definition) is 1. The largest absolute Gasteiger partial charge is 0.319 e. The zero-order valence-corrected chi connectivity index (χ0v) is 10.9. The van der Waals surface area contributed by atoms with Crippen molar-refractivity contribution >= 4 is 17.4 Å². The van der Waals surface area contributed by atoms with Crippen LogP contribution in [-0.2, 0) is 11.2 Å². The Kier molecular flexibility index (Phi) is 4.66. The molecular formula is C13H17ClFNO. The standard InChI is InChI=1S/C13H17ClFNO/c1-3-7-13(2,16)11(17)8-9-5-4-6-10(14)12(9)15/h4-6H,3,7-8,16H2,1-2H3. The predicted octanol–water partition coefficient (Wildman–Crippen LogP) is 3.11. The van der Waals surface area contributed by atoms with Crippen LogP contribution in [0.3, 0.4) is 0 Å². The van der Waals surface area contributed by atoms with Gasteiger partial charge in [-0.3, -0.25) is 4.79 Å². The van der Waals surface area contributed by atoms with Crippen LogP contribution in [0.1, 0.15) is 32.3 Å². The minimum atomic E-state index is -0.899. The van der Waals surface area contributed by atoms with Gasteiger partial charge in [-0.05, 0) is 25.0 Å². The van der Waals surface area contributed by atoms with Crippen LogP contribution in [0.4, 0.5) is 4.39 Å². The first-order chi connectivity index (χ1) is 7.88. The molecule has 17 heavy (non-hydrogen) atoms. The summed E-state index contributed by atoms with van der Waals surface area (Å²) in [5, 5.41) is 0.0320. The maximum atomic E-state index is 13.6. The first-order valence-corrected chi connectivity index (χ1v) is 6.01. The van der Waals surface area contributed by atoms with E-state index in [1.54, 1.807) is 19.1 Å². The third kappa shape index (κ3) is 3.51. The highest BCUT2D eigenvalue weighted by atomic mass is 35.5. The fourth-order valence-electron chi connectivity index (χ4n) is 1.72. The third-order valence-electron chi connectivity index (χ3n) is 2.79. The first kappa shape index (κ1) is 14.1. The Labute approximate surface area is 106 Å². The van der Waals surface area contributed by atoms with Gasteiger partial charge in [0.25, 0.3) is 0 Å². The Balaban J connectivity index is 2.85. The number of rotatable bonds is 5. The number of hydrogen-bond acceptors (Lipinski definition) is 2. The van der Waals surface area contributed by atoms with Crippen molar-refractivity contribution in [1.29, 1.82) is 0 Å². The molecule has 0 saturated carbocycles. The van der Waals surface area contributed by atoms with Crippen molar-refractivity contribution in [3.8, 4) is 0 Å². The molecule has 1 unspecified atom stereocenters. The number of Topliss-reactive ketones (excluding diaryl/α,β-unsaturated/α-hetero) is 1. The van der Waals surface area contributed by atoms with E-state index in [9.17, 15) is 9.18 Å². The molecule has 0 amide bonds. The average molecular weight is 258 g/mol. The maximum Gasteiger partial charge on any atom is 0.156 e. The number of carbonyl (C=O) groups is 1. The molecule has 0 aliphatic rings. The van der Waals surface area contributed by atoms with Crippen molar-refractivity contribution in [2.75, 3.05) is 0 Å². The van der Waals surface area contributed by atoms with E-state index in [1.165, 1.54) is 6.07 Å². The fraction of sp³-hybridized carbons (Fsp3) is 0.462. The molecule has 0 aromatic heterocycles. The molecule has 0 saturated heterocycles. The number of benzene rings is 1. The fourth-order valence-corrected chi connectivity index (χ4v) is 1.91. The Morgan fingerprint density at radius 3 is 2.76 bits per heavy atom. The SMILES string of the molecule is CCCC(C)(N)C(=O)Cc1cccc(Cl)c1F. The van der Waals surface area contributed by atoms with Crippen LogP contribution < -0.4 is 5.73 Å². The average Bonchev–Trinajstić information content (AvgIpc) is 2.24. The van der Waals surface area contributed by atoms with Crippen LogP contribution in [-0.4, -0.2) is 11.3 Å². The van der Waals surface area contributed by atoms with Crippen LogP contribution in [0.15, 0.2) is 18.2 Å². The Bertz CT molecular complexity index is 418. The molecule has 0 bridgehead atoms. The van der Waals surface area contributed by atoms with Gasteiger partial charge in [-0.15, -0.1) is 0 Å². The van der Waals surface area contributed by atoms with Crippen molar-refractivity contribution in [3.05, 3.63) is 34.6 Å². The Morgan fingerprint density at radius 2 is 2.18 bits per heavy atom. The van der Waals surface area contributed by atoms with Crippen molar-refractivity contribution in [3.63, 3.8) is 0 Å². The molecule has 0 aliphatic carbocycles. The molecular weight excluding hydrogens is 241 g/mol. The summed E-state index contributed by atoms with van der Waals surface area (Å²) in [5.74, 6) is -0.699. The van der Waals surface area contributed by atoms with E-state index in [0.29, 0.717) is 12.0 Å². The molecule has 4 heteroatoms. The van der Waals surface area contributed by atoms with Crippen molar-refractivity contribution in [1.82, 2.24) is 0 Å². The number of carbonyl (C=O) groups excluding carboxylic acids is 1. The summed E-state index contributed by atoms with van der Waals surface area (Å²) in [5.41, 5.74) is 5.30. The normalized spacial score (nSPS) is 14.4. The molecule has 1 aromatic rings. The second-order valence-electron chi connectivity index (χ2n) is 4.48. The Morgan fingerprint density at radius 1 is 1.53 bits per heavy atom. The van der Waals surface area contributed by atoms with E-state index in [2.05, 4.69) is 0 Å². The van der Waals surface area contributed by atoms with E-state index in [-0.39, 0.29) is 17.2 Å².